The van der Waals surface area contributed by atoms with Gasteiger partial charge in [-0.2, -0.15) is 0 Å². The first-order valence-corrected chi connectivity index (χ1v) is 30.4. The van der Waals surface area contributed by atoms with E-state index in [-0.39, 0.29) is 18.9 Å². The molecule has 1 amide bonds. The summed E-state index contributed by atoms with van der Waals surface area (Å²) in [5.41, 5.74) is 0. The standard InChI is InChI=1S/C60H107NO18/c1-3-5-7-9-11-13-15-16-17-18-19-20-21-22-23-24-25-26-28-30-32-34-36-38-48(66)61-43(44(65)37-35-33-31-29-27-14-12-10-8-6-4-2)42-74-58-54(72)51(69)56(46(40-63)76-58)79-60-55(73)52(70)57(47(41-64)77-60)78-59-53(71)50(68)49(67)45(39-62)75-59/h15-16,18-19,27,29,35,37,43-47,49-60,62-65,67-73H,3-14,17,20-26,28,30-34,36,38-42H2,1-2H3,(H,61,66)/b16-15-,19-18-,29-27+,37-35+. The average molecular weight is 1130 g/mol. The van der Waals surface area contributed by atoms with E-state index in [9.17, 15) is 61.0 Å². The Morgan fingerprint density at radius 1 is 0.456 bits per heavy atom. The summed E-state index contributed by atoms with van der Waals surface area (Å²) >= 11 is 0. The maximum atomic E-state index is 13.3. The Kier molecular flexibility index (Phi) is 39.0. The van der Waals surface area contributed by atoms with Crippen molar-refractivity contribution in [3.8, 4) is 0 Å². The first-order chi connectivity index (χ1) is 38.3. The van der Waals surface area contributed by atoms with Gasteiger partial charge >= 0.3 is 0 Å². The van der Waals surface area contributed by atoms with Crippen LogP contribution in [0.15, 0.2) is 48.6 Å². The number of unbranched alkanes of at least 4 members (excludes halogenated alkanes) is 22. The molecule has 0 aromatic heterocycles. The highest BCUT2D eigenvalue weighted by Crippen LogP contribution is 2.33. The van der Waals surface area contributed by atoms with Gasteiger partial charge in [-0.25, -0.2) is 0 Å². The zero-order valence-corrected chi connectivity index (χ0v) is 47.8. The zero-order chi connectivity index (χ0) is 57.6. The molecule has 19 nitrogen and oxygen atoms in total. The van der Waals surface area contributed by atoms with Gasteiger partial charge in [-0.1, -0.05) is 172 Å². The minimum Gasteiger partial charge on any atom is -0.394 e. The van der Waals surface area contributed by atoms with Gasteiger partial charge in [0.15, 0.2) is 18.9 Å². The quantitative estimate of drug-likeness (QED) is 0.0265. The van der Waals surface area contributed by atoms with Gasteiger partial charge in [-0.05, 0) is 64.2 Å². The van der Waals surface area contributed by atoms with Gasteiger partial charge in [0.2, 0.25) is 5.91 Å². The number of carbonyl (C=O) groups is 1. The third-order valence-electron chi connectivity index (χ3n) is 15.1. The Hall–Kier alpha value is -2.25. The van der Waals surface area contributed by atoms with E-state index in [1.165, 1.54) is 109 Å². The molecule has 79 heavy (non-hydrogen) atoms. The Labute approximate surface area is 472 Å². The van der Waals surface area contributed by atoms with Crippen molar-refractivity contribution in [1.82, 2.24) is 5.32 Å². The maximum Gasteiger partial charge on any atom is 0.220 e. The van der Waals surface area contributed by atoms with Crippen LogP contribution in [0.4, 0.5) is 0 Å². The molecule has 0 aromatic carbocycles. The molecule has 3 aliphatic rings. The van der Waals surface area contributed by atoms with Crippen molar-refractivity contribution < 1.29 is 89.4 Å². The molecule has 3 saturated heterocycles. The van der Waals surface area contributed by atoms with Crippen molar-refractivity contribution in [1.29, 1.82) is 0 Å². The van der Waals surface area contributed by atoms with Gasteiger partial charge in [0, 0.05) is 6.42 Å². The van der Waals surface area contributed by atoms with Crippen molar-refractivity contribution >= 4 is 5.91 Å². The van der Waals surface area contributed by atoms with Crippen molar-refractivity contribution in [3.63, 3.8) is 0 Å². The molecular formula is C60H107NO18. The van der Waals surface area contributed by atoms with Crippen molar-refractivity contribution in [2.24, 2.45) is 0 Å². The lowest BCUT2D eigenvalue weighted by Crippen LogP contribution is -2.66. The number of aliphatic hydroxyl groups excluding tert-OH is 11. The number of aliphatic hydroxyl groups is 11. The van der Waals surface area contributed by atoms with Crippen LogP contribution in [0.1, 0.15) is 194 Å². The molecule has 0 aliphatic carbocycles. The van der Waals surface area contributed by atoms with Gasteiger partial charge in [0.25, 0.3) is 0 Å². The average Bonchev–Trinajstić information content (AvgIpc) is 3.49. The van der Waals surface area contributed by atoms with Crippen LogP contribution in [0.25, 0.3) is 0 Å². The fourth-order valence-electron chi connectivity index (χ4n) is 10.1. The molecule has 460 valence electrons. The van der Waals surface area contributed by atoms with Gasteiger partial charge in [0.1, 0.15) is 73.2 Å². The number of rotatable bonds is 44. The number of allylic oxidation sites excluding steroid dienone is 7. The molecule has 17 atom stereocenters. The summed E-state index contributed by atoms with van der Waals surface area (Å²) in [7, 11) is 0. The number of amides is 1. The Balaban J connectivity index is 1.46. The van der Waals surface area contributed by atoms with Gasteiger partial charge in [0.05, 0.1) is 38.6 Å². The molecule has 3 rings (SSSR count). The highest BCUT2D eigenvalue weighted by Gasteiger charge is 2.53. The van der Waals surface area contributed by atoms with E-state index in [1.54, 1.807) is 6.08 Å². The lowest BCUT2D eigenvalue weighted by molar-refractivity contribution is -0.379. The van der Waals surface area contributed by atoms with Crippen LogP contribution in [0.5, 0.6) is 0 Å². The summed E-state index contributed by atoms with van der Waals surface area (Å²) < 4.78 is 34.2. The number of ether oxygens (including phenoxy) is 6. The monoisotopic (exact) mass is 1130 g/mol. The molecule has 0 radical (unpaired) electrons. The molecule has 0 saturated carbocycles. The molecule has 0 bridgehead atoms. The predicted octanol–water partition coefficient (Wildman–Crippen LogP) is 5.48. The highest BCUT2D eigenvalue weighted by atomic mass is 16.8. The van der Waals surface area contributed by atoms with Crippen molar-refractivity contribution in [2.75, 3.05) is 26.4 Å². The van der Waals surface area contributed by atoms with E-state index < -0.39 is 124 Å². The molecule has 0 aromatic rings. The van der Waals surface area contributed by atoms with E-state index in [2.05, 4.69) is 55.6 Å². The molecule has 12 N–H and O–H groups in total. The summed E-state index contributed by atoms with van der Waals surface area (Å²) in [5.74, 6) is -0.291. The first-order valence-electron chi connectivity index (χ1n) is 30.4. The van der Waals surface area contributed by atoms with E-state index in [0.29, 0.717) is 12.8 Å². The van der Waals surface area contributed by atoms with Gasteiger partial charge in [-0.3, -0.25) is 4.79 Å². The third kappa shape index (κ3) is 27.3. The van der Waals surface area contributed by atoms with Crippen LogP contribution in [0.2, 0.25) is 0 Å². The van der Waals surface area contributed by atoms with Gasteiger partial charge in [-0.15, -0.1) is 0 Å². The van der Waals surface area contributed by atoms with Gasteiger partial charge < -0.3 is 89.9 Å². The number of hydrogen-bond donors (Lipinski definition) is 12. The minimum atomic E-state index is -1.98. The molecule has 0 spiro atoms. The number of nitrogens with one attached hydrogen (secondary N) is 1. The Morgan fingerprint density at radius 2 is 0.848 bits per heavy atom. The van der Waals surface area contributed by atoms with Crippen LogP contribution >= 0.6 is 0 Å². The van der Waals surface area contributed by atoms with E-state index in [4.69, 9.17) is 28.4 Å². The summed E-state index contributed by atoms with van der Waals surface area (Å²) in [6.07, 6.45) is 21.1. The fraction of sp³-hybridized carbons (Fsp3) is 0.850. The van der Waals surface area contributed by atoms with Crippen LogP contribution in [0, 0.1) is 0 Å². The fourth-order valence-corrected chi connectivity index (χ4v) is 10.1. The van der Waals surface area contributed by atoms with E-state index >= 15 is 0 Å². The van der Waals surface area contributed by atoms with Crippen LogP contribution in [0.3, 0.4) is 0 Å². The number of carbonyl (C=O) groups excluding carboxylic acids is 1. The summed E-state index contributed by atoms with van der Waals surface area (Å²) in [5, 5.41) is 120. The first kappa shape index (κ1) is 71.0. The lowest BCUT2D eigenvalue weighted by Gasteiger charge is -2.48. The SMILES string of the molecule is CCCCCCC/C=C\C/C=C\CCCCCCCCCCCCCC(=O)NC(COC1OC(CO)C(OC2OC(CO)C(OC3OC(CO)C(O)C(O)C3O)C(O)C2O)C(O)C1O)C(O)/C=C/CC/C=C/CCCCCCC. The van der Waals surface area contributed by atoms with Crippen LogP contribution in [-0.2, 0) is 33.2 Å². The second kappa shape index (κ2) is 43.4. The molecule has 19 heteroatoms. The molecule has 3 aliphatic heterocycles. The largest absolute Gasteiger partial charge is 0.394 e. The summed E-state index contributed by atoms with van der Waals surface area (Å²) in [6.45, 7) is 1.65. The second-order valence-electron chi connectivity index (χ2n) is 21.8. The normalized spacial score (nSPS) is 30.6. The summed E-state index contributed by atoms with van der Waals surface area (Å²) in [6, 6.07) is -0.990. The second-order valence-corrected chi connectivity index (χ2v) is 21.8. The molecular weight excluding hydrogens is 1020 g/mol. The summed E-state index contributed by atoms with van der Waals surface area (Å²) in [4.78, 5) is 13.3. The van der Waals surface area contributed by atoms with Crippen LogP contribution < -0.4 is 5.32 Å². The topological polar surface area (TPSA) is 307 Å². The van der Waals surface area contributed by atoms with Crippen molar-refractivity contribution in [2.45, 2.75) is 298 Å². The minimum absolute atomic E-state index is 0.232. The lowest BCUT2D eigenvalue weighted by atomic mass is 9.96. The predicted molar refractivity (Wildman–Crippen MR) is 300 cm³/mol. The van der Waals surface area contributed by atoms with E-state index in [1.807, 2.05) is 6.08 Å². The van der Waals surface area contributed by atoms with E-state index in [0.717, 1.165) is 51.4 Å². The van der Waals surface area contributed by atoms with Crippen LogP contribution in [-0.4, -0.2) is 193 Å². The molecule has 3 heterocycles. The Morgan fingerprint density at radius 3 is 1.34 bits per heavy atom. The molecule has 3 fully saturated rings. The highest BCUT2D eigenvalue weighted by molar-refractivity contribution is 5.76. The Bertz CT molecular complexity index is 1630. The van der Waals surface area contributed by atoms with Crippen molar-refractivity contribution in [3.05, 3.63) is 48.6 Å². The number of hydrogen-bond acceptors (Lipinski definition) is 18. The smallest absolute Gasteiger partial charge is 0.220 e. The zero-order valence-electron chi connectivity index (χ0n) is 47.8. The maximum absolute atomic E-state index is 13.3. The third-order valence-corrected chi connectivity index (χ3v) is 15.1. The molecule has 17 unspecified atom stereocenters.